The molecule has 0 aromatic carbocycles. The zero-order valence-corrected chi connectivity index (χ0v) is 16.8. The molecule has 1 aliphatic carbocycles. The zero-order valence-electron chi connectivity index (χ0n) is 16.8. The van der Waals surface area contributed by atoms with Gasteiger partial charge in [0.2, 0.25) is 11.8 Å². The molecule has 0 amide bonds. The number of aromatic nitrogens is 6. The highest BCUT2D eigenvalue weighted by Crippen LogP contribution is 2.41. The molecule has 5 heterocycles. The minimum Gasteiger partial charge on any atom is -0.480 e. The summed E-state index contributed by atoms with van der Waals surface area (Å²) < 4.78 is 13.2. The standard InChI is InChI=1S/C21H23N7O2/c1-29-19-17-15(13-4-8-28-16(10-13)23-12-24-28)11-22-18(17)26-20(27-19)25-14-2-5-21(6-3-14)7-9-30-21/h4,8,10-12,14H,2-3,5-7,9H2,1H3,(H2,22,25,26,27)/t14-,21+. The van der Waals surface area contributed by atoms with Gasteiger partial charge in [-0.2, -0.15) is 15.1 Å². The number of aromatic amines is 1. The van der Waals surface area contributed by atoms with Gasteiger partial charge in [0.1, 0.15) is 12.0 Å². The molecule has 1 saturated heterocycles. The maximum atomic E-state index is 5.82. The van der Waals surface area contributed by atoms with E-state index >= 15 is 0 Å². The zero-order chi connectivity index (χ0) is 20.1. The van der Waals surface area contributed by atoms with Gasteiger partial charge in [0, 0.05) is 24.0 Å². The molecule has 1 saturated carbocycles. The number of rotatable bonds is 4. The van der Waals surface area contributed by atoms with E-state index in [0.717, 1.165) is 60.1 Å². The highest BCUT2D eigenvalue weighted by molar-refractivity contribution is 5.98. The molecule has 154 valence electrons. The van der Waals surface area contributed by atoms with Crippen molar-refractivity contribution in [3.05, 3.63) is 30.9 Å². The van der Waals surface area contributed by atoms with E-state index in [9.17, 15) is 0 Å². The fraction of sp³-hybridized carbons (Fsp3) is 0.429. The van der Waals surface area contributed by atoms with Crippen molar-refractivity contribution in [2.75, 3.05) is 19.0 Å². The fourth-order valence-corrected chi connectivity index (χ4v) is 4.68. The number of ether oxygens (including phenoxy) is 2. The van der Waals surface area contributed by atoms with Crippen LogP contribution in [0, 0.1) is 0 Å². The van der Waals surface area contributed by atoms with Gasteiger partial charge < -0.3 is 19.8 Å². The predicted molar refractivity (Wildman–Crippen MR) is 112 cm³/mol. The average molecular weight is 405 g/mol. The van der Waals surface area contributed by atoms with Crippen molar-refractivity contribution in [2.45, 2.75) is 43.7 Å². The fourth-order valence-electron chi connectivity index (χ4n) is 4.68. The summed E-state index contributed by atoms with van der Waals surface area (Å²) in [5.74, 6) is 1.14. The number of anilines is 1. The SMILES string of the molecule is COc1nc(N[C@H]2CC[C@]3(CCO3)CC2)nc2[nH]cc(-c3ccn4ncnc4c3)c12. The summed E-state index contributed by atoms with van der Waals surface area (Å²) in [6.07, 6.45) is 10.9. The molecule has 0 bridgehead atoms. The lowest BCUT2D eigenvalue weighted by Gasteiger charge is -2.46. The Balaban J connectivity index is 1.31. The van der Waals surface area contributed by atoms with Gasteiger partial charge in [0.25, 0.3) is 0 Å². The molecule has 0 atom stereocenters. The van der Waals surface area contributed by atoms with E-state index in [1.807, 2.05) is 24.5 Å². The third-order valence-corrected chi connectivity index (χ3v) is 6.48. The van der Waals surface area contributed by atoms with Gasteiger partial charge in [-0.25, -0.2) is 9.50 Å². The predicted octanol–water partition coefficient (Wildman–Crippen LogP) is 3.19. The maximum Gasteiger partial charge on any atom is 0.228 e. The number of hydrogen-bond acceptors (Lipinski definition) is 7. The molecule has 2 fully saturated rings. The molecule has 0 radical (unpaired) electrons. The third kappa shape index (κ3) is 2.80. The van der Waals surface area contributed by atoms with Crippen LogP contribution in [0.5, 0.6) is 5.88 Å². The molecule has 4 aromatic rings. The van der Waals surface area contributed by atoms with Gasteiger partial charge >= 0.3 is 0 Å². The molecule has 2 N–H and O–H groups in total. The number of pyridine rings is 1. The van der Waals surface area contributed by atoms with Gasteiger partial charge in [0.05, 0.1) is 24.7 Å². The van der Waals surface area contributed by atoms with Crippen LogP contribution in [0.4, 0.5) is 5.95 Å². The van der Waals surface area contributed by atoms with Crippen LogP contribution in [0.1, 0.15) is 32.1 Å². The molecule has 2 aliphatic rings. The van der Waals surface area contributed by atoms with Gasteiger partial charge in [0.15, 0.2) is 5.65 Å². The average Bonchev–Trinajstić information content (AvgIpc) is 3.39. The second-order valence-electron chi connectivity index (χ2n) is 8.16. The molecule has 4 aromatic heterocycles. The van der Waals surface area contributed by atoms with Crippen LogP contribution in [0.2, 0.25) is 0 Å². The normalized spacial score (nSPS) is 23.7. The first-order valence-electron chi connectivity index (χ1n) is 10.4. The Hall–Kier alpha value is -3.20. The molecule has 0 unspecified atom stereocenters. The van der Waals surface area contributed by atoms with Crippen molar-refractivity contribution in [2.24, 2.45) is 0 Å². The van der Waals surface area contributed by atoms with Gasteiger partial charge in [-0.1, -0.05) is 0 Å². The second-order valence-corrected chi connectivity index (χ2v) is 8.16. The first-order valence-corrected chi connectivity index (χ1v) is 10.4. The molecule has 9 nitrogen and oxygen atoms in total. The van der Waals surface area contributed by atoms with E-state index in [4.69, 9.17) is 14.5 Å². The maximum absolute atomic E-state index is 5.82. The monoisotopic (exact) mass is 405 g/mol. The Kier molecular flexibility index (Phi) is 3.92. The molecule has 1 spiro atoms. The van der Waals surface area contributed by atoms with E-state index in [0.29, 0.717) is 17.9 Å². The second kappa shape index (κ2) is 6.66. The Bertz CT molecular complexity index is 1220. The third-order valence-electron chi connectivity index (χ3n) is 6.48. The minimum absolute atomic E-state index is 0.153. The summed E-state index contributed by atoms with van der Waals surface area (Å²) >= 11 is 0. The number of fused-ring (bicyclic) bond motifs is 2. The minimum atomic E-state index is 0.153. The van der Waals surface area contributed by atoms with Crippen molar-refractivity contribution in [3.63, 3.8) is 0 Å². The van der Waals surface area contributed by atoms with E-state index in [2.05, 4.69) is 25.4 Å². The van der Waals surface area contributed by atoms with Crippen molar-refractivity contribution < 1.29 is 9.47 Å². The molecule has 6 rings (SSSR count). The van der Waals surface area contributed by atoms with Gasteiger partial charge in [-0.05, 0) is 49.8 Å². The first-order chi connectivity index (χ1) is 14.7. The van der Waals surface area contributed by atoms with Crippen LogP contribution in [-0.2, 0) is 4.74 Å². The van der Waals surface area contributed by atoms with E-state index in [-0.39, 0.29) is 5.60 Å². The number of nitrogens with zero attached hydrogens (tertiary/aromatic N) is 5. The van der Waals surface area contributed by atoms with Gasteiger partial charge in [-0.15, -0.1) is 0 Å². The van der Waals surface area contributed by atoms with Crippen molar-refractivity contribution in [3.8, 4) is 17.0 Å². The van der Waals surface area contributed by atoms with Crippen LogP contribution in [0.25, 0.3) is 27.8 Å². The summed E-state index contributed by atoms with van der Waals surface area (Å²) in [6.45, 7) is 0.911. The van der Waals surface area contributed by atoms with Crippen LogP contribution in [0.15, 0.2) is 30.9 Å². The van der Waals surface area contributed by atoms with Crippen LogP contribution in [0.3, 0.4) is 0 Å². The van der Waals surface area contributed by atoms with Crippen molar-refractivity contribution in [1.29, 1.82) is 0 Å². The Morgan fingerprint density at radius 2 is 2.13 bits per heavy atom. The van der Waals surface area contributed by atoms with E-state index < -0.39 is 0 Å². The summed E-state index contributed by atoms with van der Waals surface area (Å²) in [6, 6.07) is 4.34. The lowest BCUT2D eigenvalue weighted by Crippen LogP contribution is -2.48. The van der Waals surface area contributed by atoms with Crippen LogP contribution in [-0.4, -0.2) is 54.9 Å². The molecular weight excluding hydrogens is 382 g/mol. The summed E-state index contributed by atoms with van der Waals surface area (Å²) in [7, 11) is 1.64. The smallest absolute Gasteiger partial charge is 0.228 e. The lowest BCUT2D eigenvalue weighted by molar-refractivity contribution is -0.165. The summed E-state index contributed by atoms with van der Waals surface area (Å²) in [5, 5.41) is 8.52. The number of methoxy groups -OCH3 is 1. The van der Waals surface area contributed by atoms with E-state index in [1.165, 1.54) is 6.42 Å². The van der Waals surface area contributed by atoms with Crippen molar-refractivity contribution in [1.82, 2.24) is 29.5 Å². The largest absolute Gasteiger partial charge is 0.480 e. The number of H-pyrrole nitrogens is 1. The Labute approximate surface area is 172 Å². The first kappa shape index (κ1) is 17.6. The molecule has 1 aliphatic heterocycles. The number of hydrogen-bond donors (Lipinski definition) is 2. The Morgan fingerprint density at radius 1 is 1.27 bits per heavy atom. The van der Waals surface area contributed by atoms with Crippen molar-refractivity contribution >= 4 is 22.6 Å². The molecule has 30 heavy (non-hydrogen) atoms. The summed E-state index contributed by atoms with van der Waals surface area (Å²) in [5.41, 5.74) is 3.66. The molecule has 9 heteroatoms. The van der Waals surface area contributed by atoms with Crippen LogP contribution >= 0.6 is 0 Å². The van der Waals surface area contributed by atoms with E-state index in [1.54, 1.807) is 18.0 Å². The highest BCUT2D eigenvalue weighted by Gasteiger charge is 2.41. The number of nitrogens with one attached hydrogen (secondary N) is 2. The molecular formula is C21H23N7O2. The Morgan fingerprint density at radius 3 is 2.90 bits per heavy atom. The van der Waals surface area contributed by atoms with Gasteiger partial charge in [-0.3, -0.25) is 0 Å². The quantitative estimate of drug-likeness (QED) is 0.537. The lowest BCUT2D eigenvalue weighted by atomic mass is 9.77. The summed E-state index contributed by atoms with van der Waals surface area (Å²) in [4.78, 5) is 16.9. The van der Waals surface area contributed by atoms with Crippen LogP contribution < -0.4 is 10.1 Å². The topological polar surface area (TPSA) is 102 Å². The highest BCUT2D eigenvalue weighted by atomic mass is 16.5.